The molecule has 0 aliphatic rings. The van der Waals surface area contributed by atoms with Crippen molar-refractivity contribution in [2.24, 2.45) is 0 Å². The summed E-state index contributed by atoms with van der Waals surface area (Å²) < 4.78 is 9.72. The van der Waals surface area contributed by atoms with Gasteiger partial charge in [0.25, 0.3) is 0 Å². The van der Waals surface area contributed by atoms with Crippen molar-refractivity contribution in [1.82, 2.24) is 5.32 Å². The zero-order valence-corrected chi connectivity index (χ0v) is 11.9. The third-order valence-electron chi connectivity index (χ3n) is 1.61. The largest absolute Gasteiger partial charge is 0.462 e. The second kappa shape index (κ2) is 9.17. The highest BCUT2D eigenvalue weighted by molar-refractivity contribution is 5.88. The van der Waals surface area contributed by atoms with Crippen LogP contribution in [-0.4, -0.2) is 37.2 Å². The molecule has 0 spiro atoms. The first-order valence-corrected chi connectivity index (χ1v) is 6.02. The van der Waals surface area contributed by atoms with Crippen LogP contribution in [-0.2, 0) is 19.1 Å². The van der Waals surface area contributed by atoms with Gasteiger partial charge in [0, 0.05) is 19.4 Å². The van der Waals surface area contributed by atoms with Crippen LogP contribution in [0.3, 0.4) is 0 Å². The lowest BCUT2D eigenvalue weighted by Gasteiger charge is -2.16. The van der Waals surface area contributed by atoms with E-state index in [9.17, 15) is 9.59 Å². The number of esters is 2. The Morgan fingerprint density at radius 2 is 1.95 bits per heavy atom. The Morgan fingerprint density at radius 1 is 1.26 bits per heavy atom. The van der Waals surface area contributed by atoms with Crippen LogP contribution in [0.2, 0.25) is 0 Å². The first-order chi connectivity index (χ1) is 8.81. The monoisotopic (exact) mass is 267 g/mol. The van der Waals surface area contributed by atoms with Gasteiger partial charge in [-0.25, -0.2) is 4.79 Å². The van der Waals surface area contributed by atoms with E-state index in [0.29, 0.717) is 13.1 Å². The highest BCUT2D eigenvalue weighted by Crippen LogP contribution is 2.05. The van der Waals surface area contributed by atoms with Crippen LogP contribution in [0, 0.1) is 11.8 Å². The molecule has 1 N–H and O–H groups in total. The molecule has 0 bridgehead atoms. The molecular formula is C14H21NO4. The van der Waals surface area contributed by atoms with Gasteiger partial charge in [-0.15, -0.1) is 0 Å². The van der Waals surface area contributed by atoms with Crippen molar-refractivity contribution in [2.45, 2.75) is 33.3 Å². The molecule has 0 aromatic carbocycles. The normalized spacial score (nSPS) is 10.7. The molecule has 0 saturated heterocycles. The van der Waals surface area contributed by atoms with Crippen molar-refractivity contribution in [3.63, 3.8) is 0 Å². The van der Waals surface area contributed by atoms with E-state index in [-0.39, 0.29) is 12.6 Å². The third kappa shape index (κ3) is 14.1. The predicted octanol–water partition coefficient (Wildman–Crippen LogP) is 1.04. The maximum atomic E-state index is 11.2. The molecule has 0 unspecified atom stereocenters. The minimum atomic E-state index is -0.528. The van der Waals surface area contributed by atoms with Crippen LogP contribution < -0.4 is 5.32 Å². The van der Waals surface area contributed by atoms with E-state index < -0.39 is 11.6 Å². The van der Waals surface area contributed by atoms with Gasteiger partial charge in [-0.1, -0.05) is 12.0 Å². The maximum Gasteiger partial charge on any atom is 0.384 e. The van der Waals surface area contributed by atoms with Crippen molar-refractivity contribution in [3.05, 3.63) is 12.2 Å². The average molecular weight is 267 g/mol. The second-order valence-electron chi connectivity index (χ2n) is 4.71. The zero-order valence-electron chi connectivity index (χ0n) is 11.9. The van der Waals surface area contributed by atoms with Gasteiger partial charge < -0.3 is 14.8 Å². The summed E-state index contributed by atoms with van der Waals surface area (Å²) in [5, 5.41) is 2.98. The summed E-state index contributed by atoms with van der Waals surface area (Å²) in [4.78, 5) is 21.7. The van der Waals surface area contributed by atoms with E-state index in [4.69, 9.17) is 9.47 Å². The fraction of sp³-hybridized carbons (Fsp3) is 0.571. The van der Waals surface area contributed by atoms with Gasteiger partial charge in [0.1, 0.15) is 12.2 Å². The smallest absolute Gasteiger partial charge is 0.384 e. The van der Waals surface area contributed by atoms with Crippen LogP contribution in [0.5, 0.6) is 0 Å². The molecule has 0 aromatic heterocycles. The molecule has 0 heterocycles. The predicted molar refractivity (Wildman–Crippen MR) is 72.3 cm³/mol. The van der Waals surface area contributed by atoms with Gasteiger partial charge in [0.15, 0.2) is 0 Å². The number of rotatable bonds is 5. The highest BCUT2D eigenvalue weighted by Gasteiger charge is 2.13. The Labute approximate surface area is 114 Å². The van der Waals surface area contributed by atoms with Crippen LogP contribution in [0.1, 0.15) is 27.7 Å². The van der Waals surface area contributed by atoms with E-state index in [1.807, 2.05) is 6.08 Å². The third-order valence-corrected chi connectivity index (χ3v) is 1.61. The zero-order chi connectivity index (χ0) is 14.7. The van der Waals surface area contributed by atoms with Gasteiger partial charge in [-0.3, -0.25) is 4.79 Å². The van der Waals surface area contributed by atoms with E-state index in [1.165, 1.54) is 6.92 Å². The Morgan fingerprint density at radius 3 is 2.53 bits per heavy atom. The van der Waals surface area contributed by atoms with Crippen LogP contribution in [0.25, 0.3) is 0 Å². The number of hydrogen-bond donors (Lipinski definition) is 1. The average Bonchev–Trinajstić information content (AvgIpc) is 2.24. The van der Waals surface area contributed by atoms with E-state index in [2.05, 4.69) is 17.2 Å². The molecule has 0 radical (unpaired) electrons. The first kappa shape index (κ1) is 17.2. The fourth-order valence-corrected chi connectivity index (χ4v) is 0.955. The molecular weight excluding hydrogens is 246 g/mol. The van der Waals surface area contributed by atoms with Gasteiger partial charge in [0.05, 0.1) is 6.54 Å². The van der Waals surface area contributed by atoms with Crippen molar-refractivity contribution in [1.29, 1.82) is 0 Å². The van der Waals surface area contributed by atoms with Gasteiger partial charge in [-0.2, -0.15) is 0 Å². The molecule has 0 saturated carbocycles. The number of nitrogens with one attached hydrogen (secondary N) is 1. The minimum Gasteiger partial charge on any atom is -0.462 e. The molecule has 5 nitrogen and oxygen atoms in total. The Kier molecular flexibility index (Phi) is 8.30. The standard InChI is InChI=1S/C14H21NO4/c1-12(16)18-11-6-5-9-15-10-7-8-13(17)19-14(2,3)4/h5-6,15H,9-11H2,1-4H3. The van der Waals surface area contributed by atoms with Gasteiger partial charge in [-0.05, 0) is 26.8 Å². The summed E-state index contributed by atoms with van der Waals surface area (Å²) in [6, 6.07) is 0. The summed E-state index contributed by atoms with van der Waals surface area (Å²) in [6.45, 7) is 7.97. The molecule has 0 fully saturated rings. The number of hydrogen-bond acceptors (Lipinski definition) is 5. The summed E-state index contributed by atoms with van der Waals surface area (Å²) in [5.74, 6) is 4.22. The molecule has 0 aliphatic carbocycles. The number of ether oxygens (including phenoxy) is 2. The van der Waals surface area contributed by atoms with Crippen LogP contribution in [0.4, 0.5) is 0 Å². The Balaban J connectivity index is 3.65. The molecule has 0 atom stereocenters. The molecule has 5 heteroatoms. The van der Waals surface area contributed by atoms with Crippen LogP contribution in [0.15, 0.2) is 12.2 Å². The lowest BCUT2D eigenvalue weighted by molar-refractivity contribution is -0.147. The maximum absolute atomic E-state index is 11.2. The minimum absolute atomic E-state index is 0.264. The lowest BCUT2D eigenvalue weighted by atomic mass is 10.2. The summed E-state index contributed by atoms with van der Waals surface area (Å²) >= 11 is 0. The van der Waals surface area contributed by atoms with Gasteiger partial charge in [0.2, 0.25) is 0 Å². The van der Waals surface area contributed by atoms with Gasteiger partial charge >= 0.3 is 11.9 Å². The first-order valence-electron chi connectivity index (χ1n) is 6.02. The molecule has 0 rings (SSSR count). The number of carbonyl (C=O) groups excluding carboxylic acids is 2. The fourth-order valence-electron chi connectivity index (χ4n) is 0.955. The number of carbonyl (C=O) groups is 2. The molecule has 19 heavy (non-hydrogen) atoms. The van der Waals surface area contributed by atoms with Crippen molar-refractivity contribution in [2.75, 3.05) is 19.7 Å². The molecule has 0 aromatic rings. The highest BCUT2D eigenvalue weighted by atomic mass is 16.6. The SMILES string of the molecule is CC(=O)OCC=CCNCC#CC(=O)OC(C)(C)C. The summed E-state index contributed by atoms with van der Waals surface area (Å²) in [5.41, 5.74) is -0.515. The van der Waals surface area contributed by atoms with Crippen molar-refractivity contribution in [3.8, 4) is 11.8 Å². The molecule has 0 aliphatic heterocycles. The molecule has 0 amide bonds. The quantitative estimate of drug-likeness (QED) is 0.265. The van der Waals surface area contributed by atoms with Crippen LogP contribution >= 0.6 is 0 Å². The van der Waals surface area contributed by atoms with E-state index in [0.717, 1.165) is 0 Å². The summed E-state index contributed by atoms with van der Waals surface area (Å²) in [6.07, 6.45) is 3.55. The lowest BCUT2D eigenvalue weighted by Crippen LogP contribution is -2.23. The van der Waals surface area contributed by atoms with E-state index >= 15 is 0 Å². The Hall–Kier alpha value is -1.80. The molecule has 106 valence electrons. The second-order valence-corrected chi connectivity index (χ2v) is 4.71. The van der Waals surface area contributed by atoms with Crippen molar-refractivity contribution < 1.29 is 19.1 Å². The summed E-state index contributed by atoms with van der Waals surface area (Å²) in [7, 11) is 0. The van der Waals surface area contributed by atoms with Crippen molar-refractivity contribution >= 4 is 11.9 Å². The Bertz CT molecular complexity index is 382. The van der Waals surface area contributed by atoms with E-state index in [1.54, 1.807) is 26.8 Å². The topological polar surface area (TPSA) is 64.6 Å².